The minimum atomic E-state index is -1.24. The van der Waals surface area contributed by atoms with Crippen LogP contribution in [0.5, 0.6) is 5.75 Å². The van der Waals surface area contributed by atoms with Gasteiger partial charge in [0, 0.05) is 29.8 Å². The van der Waals surface area contributed by atoms with Crippen molar-refractivity contribution in [2.75, 3.05) is 18.6 Å². The van der Waals surface area contributed by atoms with Crippen molar-refractivity contribution < 1.29 is 23.9 Å². The number of hydrogen-bond acceptors (Lipinski definition) is 5. The van der Waals surface area contributed by atoms with E-state index < -0.39 is 11.5 Å². The number of esters is 1. The van der Waals surface area contributed by atoms with Crippen molar-refractivity contribution in [3.05, 3.63) is 95.1 Å². The summed E-state index contributed by atoms with van der Waals surface area (Å²) in [5.74, 6) is -0.431. The molecule has 0 radical (unpaired) electrons. The lowest BCUT2D eigenvalue weighted by molar-refractivity contribution is -0.126. The second-order valence-corrected chi connectivity index (χ2v) is 8.51. The van der Waals surface area contributed by atoms with Crippen LogP contribution in [0.25, 0.3) is 0 Å². The van der Waals surface area contributed by atoms with Crippen LogP contribution in [0.15, 0.2) is 72.8 Å². The Bertz CT molecular complexity index is 1270. The number of rotatable bonds is 7. The Morgan fingerprint density at radius 3 is 2.54 bits per heavy atom. The van der Waals surface area contributed by atoms with Crippen LogP contribution in [0.1, 0.15) is 45.7 Å². The molecule has 0 bridgehead atoms. The molecule has 7 nitrogen and oxygen atoms in total. The highest BCUT2D eigenvalue weighted by molar-refractivity contribution is 6.14. The molecular formula is C28H28N2O5. The molecule has 3 aromatic carbocycles. The molecule has 1 atom stereocenters. The molecule has 0 aromatic heterocycles. The van der Waals surface area contributed by atoms with Gasteiger partial charge in [0.2, 0.25) is 5.91 Å². The number of ether oxygens (including phenoxy) is 2. The Balaban J connectivity index is 1.72. The van der Waals surface area contributed by atoms with E-state index in [0.29, 0.717) is 29.0 Å². The Morgan fingerprint density at radius 1 is 1.03 bits per heavy atom. The first-order valence-electron chi connectivity index (χ1n) is 11.5. The molecule has 7 heteroatoms. The average molecular weight is 473 g/mol. The van der Waals surface area contributed by atoms with Gasteiger partial charge in [-0.3, -0.25) is 14.5 Å². The number of carbonyl (C=O) groups excluding carboxylic acids is 3. The molecule has 0 aliphatic carbocycles. The number of hydrogen-bond donors (Lipinski definition) is 1. The van der Waals surface area contributed by atoms with E-state index in [-0.39, 0.29) is 25.0 Å². The summed E-state index contributed by atoms with van der Waals surface area (Å²) in [6, 6.07) is 21.4. The van der Waals surface area contributed by atoms with E-state index in [1.807, 2.05) is 36.4 Å². The summed E-state index contributed by atoms with van der Waals surface area (Å²) < 4.78 is 10.5. The first kappa shape index (κ1) is 24.0. The van der Waals surface area contributed by atoms with Crippen molar-refractivity contribution in [2.45, 2.75) is 32.4 Å². The van der Waals surface area contributed by atoms with E-state index in [9.17, 15) is 14.4 Å². The van der Waals surface area contributed by atoms with Crippen molar-refractivity contribution in [2.24, 2.45) is 0 Å². The molecular weight excluding hydrogens is 444 g/mol. The van der Waals surface area contributed by atoms with E-state index >= 15 is 0 Å². The zero-order chi connectivity index (χ0) is 25.0. The van der Waals surface area contributed by atoms with Gasteiger partial charge in [-0.2, -0.15) is 0 Å². The van der Waals surface area contributed by atoms with E-state index in [2.05, 4.69) is 5.32 Å². The number of benzene rings is 3. The van der Waals surface area contributed by atoms with Gasteiger partial charge in [-0.05, 0) is 49.7 Å². The molecule has 0 saturated carbocycles. The lowest BCUT2D eigenvalue weighted by Crippen LogP contribution is -2.63. The molecule has 1 unspecified atom stereocenters. The molecule has 2 amide bonds. The van der Waals surface area contributed by atoms with Crippen LogP contribution in [0.3, 0.4) is 0 Å². The van der Waals surface area contributed by atoms with Crippen LogP contribution in [0.2, 0.25) is 0 Å². The number of nitrogens with one attached hydrogen (secondary N) is 1. The lowest BCUT2D eigenvalue weighted by Gasteiger charge is -2.44. The zero-order valence-corrected chi connectivity index (χ0v) is 20.0. The second-order valence-electron chi connectivity index (χ2n) is 8.51. The monoisotopic (exact) mass is 472 g/mol. The molecule has 1 heterocycles. The molecule has 1 aliphatic heterocycles. The maximum atomic E-state index is 13.7. The zero-order valence-electron chi connectivity index (χ0n) is 20.0. The topological polar surface area (TPSA) is 84.9 Å². The normalized spacial score (nSPS) is 16.9. The molecule has 4 rings (SSSR count). The van der Waals surface area contributed by atoms with Gasteiger partial charge in [-0.1, -0.05) is 42.5 Å². The number of carbonyl (C=O) groups is 3. The minimum Gasteiger partial charge on any atom is -0.496 e. The third-order valence-electron chi connectivity index (χ3n) is 6.22. The fraction of sp³-hybridized carbons (Fsp3) is 0.250. The van der Waals surface area contributed by atoms with E-state index in [1.54, 1.807) is 57.4 Å². The molecule has 180 valence electrons. The SMILES string of the molecule is CCOC(=O)c1cccc(N2C(=O)c3ccccc3CC2(C)C(=O)NCc2ccccc2OC)c1. The molecule has 0 fully saturated rings. The van der Waals surface area contributed by atoms with Gasteiger partial charge in [0.1, 0.15) is 11.3 Å². The quantitative estimate of drug-likeness (QED) is 0.522. The molecule has 0 saturated heterocycles. The number of fused-ring (bicyclic) bond motifs is 1. The minimum absolute atomic E-state index is 0.238. The summed E-state index contributed by atoms with van der Waals surface area (Å²) in [7, 11) is 1.58. The van der Waals surface area contributed by atoms with Crippen LogP contribution in [0.4, 0.5) is 5.69 Å². The summed E-state index contributed by atoms with van der Waals surface area (Å²) in [4.78, 5) is 41.3. The average Bonchev–Trinajstić information content (AvgIpc) is 2.87. The van der Waals surface area contributed by atoms with Gasteiger partial charge >= 0.3 is 5.97 Å². The highest BCUT2D eigenvalue weighted by Crippen LogP contribution is 2.36. The van der Waals surface area contributed by atoms with Crippen molar-refractivity contribution >= 4 is 23.5 Å². The summed E-state index contributed by atoms with van der Waals surface area (Å²) in [6.07, 6.45) is 0.316. The number of methoxy groups -OCH3 is 1. The van der Waals surface area contributed by atoms with Crippen molar-refractivity contribution in [1.29, 1.82) is 0 Å². The third-order valence-corrected chi connectivity index (χ3v) is 6.22. The fourth-order valence-corrected chi connectivity index (χ4v) is 4.46. The van der Waals surface area contributed by atoms with Crippen molar-refractivity contribution in [3.8, 4) is 5.75 Å². The standard InChI is InChI=1S/C28H28N2O5/c1-4-35-26(32)19-12-9-13-22(16-19)30-25(31)23-14-7-5-10-20(23)17-28(30,2)27(33)29-18-21-11-6-8-15-24(21)34-3/h5-16H,4,17-18H2,1-3H3,(H,29,33). The highest BCUT2D eigenvalue weighted by Gasteiger charge is 2.47. The first-order chi connectivity index (χ1) is 16.9. The first-order valence-corrected chi connectivity index (χ1v) is 11.5. The number of para-hydroxylation sites is 1. The maximum Gasteiger partial charge on any atom is 0.338 e. The second kappa shape index (κ2) is 10.0. The van der Waals surface area contributed by atoms with E-state index in [0.717, 1.165) is 11.1 Å². The smallest absolute Gasteiger partial charge is 0.338 e. The molecule has 1 aliphatic rings. The van der Waals surface area contributed by atoms with Crippen molar-refractivity contribution in [3.63, 3.8) is 0 Å². The van der Waals surface area contributed by atoms with Gasteiger partial charge in [0.15, 0.2) is 0 Å². The van der Waals surface area contributed by atoms with Gasteiger partial charge in [-0.25, -0.2) is 4.79 Å². The predicted molar refractivity (Wildman–Crippen MR) is 133 cm³/mol. The highest BCUT2D eigenvalue weighted by atomic mass is 16.5. The fourth-order valence-electron chi connectivity index (χ4n) is 4.46. The Morgan fingerprint density at radius 2 is 1.77 bits per heavy atom. The van der Waals surface area contributed by atoms with Gasteiger partial charge in [0.05, 0.1) is 19.3 Å². The third kappa shape index (κ3) is 4.62. The summed E-state index contributed by atoms with van der Waals surface area (Å²) in [5.41, 5.74) is 1.68. The molecule has 35 heavy (non-hydrogen) atoms. The van der Waals surface area contributed by atoms with Crippen LogP contribution < -0.4 is 15.0 Å². The van der Waals surface area contributed by atoms with Crippen LogP contribution >= 0.6 is 0 Å². The summed E-state index contributed by atoms with van der Waals surface area (Å²) in [5, 5.41) is 2.99. The lowest BCUT2D eigenvalue weighted by atomic mass is 9.82. The van der Waals surface area contributed by atoms with Crippen LogP contribution in [-0.2, 0) is 22.5 Å². The van der Waals surface area contributed by atoms with Crippen LogP contribution in [0, 0.1) is 0 Å². The van der Waals surface area contributed by atoms with Gasteiger partial charge in [-0.15, -0.1) is 0 Å². The van der Waals surface area contributed by atoms with E-state index in [4.69, 9.17) is 9.47 Å². The summed E-state index contributed by atoms with van der Waals surface area (Å²) >= 11 is 0. The Labute approximate surface area is 204 Å². The number of amides is 2. The largest absolute Gasteiger partial charge is 0.496 e. The molecule has 0 spiro atoms. The van der Waals surface area contributed by atoms with Gasteiger partial charge < -0.3 is 14.8 Å². The summed E-state index contributed by atoms with van der Waals surface area (Å²) in [6.45, 7) is 3.96. The number of anilines is 1. The maximum absolute atomic E-state index is 13.7. The number of nitrogens with zero attached hydrogens (tertiary/aromatic N) is 1. The Hall–Kier alpha value is -4.13. The Kier molecular flexibility index (Phi) is 6.87. The van der Waals surface area contributed by atoms with Crippen molar-refractivity contribution in [1.82, 2.24) is 5.32 Å². The molecule has 3 aromatic rings. The predicted octanol–water partition coefficient (Wildman–Crippen LogP) is 4.15. The van der Waals surface area contributed by atoms with Crippen LogP contribution in [-0.4, -0.2) is 37.0 Å². The van der Waals surface area contributed by atoms with E-state index in [1.165, 1.54) is 4.90 Å². The van der Waals surface area contributed by atoms with Gasteiger partial charge in [0.25, 0.3) is 5.91 Å². The molecule has 1 N–H and O–H groups in total.